The average molecular weight is 360 g/mol. The van der Waals surface area contributed by atoms with Crippen molar-refractivity contribution in [3.05, 3.63) is 35.0 Å². The molecule has 2 heterocycles. The van der Waals surface area contributed by atoms with Crippen molar-refractivity contribution >= 4 is 22.8 Å². The maximum Gasteiger partial charge on any atom is 0.331 e. The molecule has 1 aromatic carbocycles. The quantitative estimate of drug-likeness (QED) is 0.821. The lowest BCUT2D eigenvalue weighted by atomic mass is 9.98. The number of carbonyl (C=O) groups is 2. The number of aliphatic carboxylic acids is 1. The molecule has 2 N–H and O–H groups in total. The Bertz CT molecular complexity index is 849. The summed E-state index contributed by atoms with van der Waals surface area (Å²) in [5.74, 6) is -1.47. The molecule has 3 rings (SSSR count). The number of nitrogens with one attached hydrogen (secondary N) is 1. The van der Waals surface area contributed by atoms with Crippen molar-refractivity contribution in [3.8, 4) is 0 Å². The smallest absolute Gasteiger partial charge is 0.331 e. The molecule has 1 aliphatic rings. The first-order valence-corrected chi connectivity index (χ1v) is 8.61. The molecule has 1 unspecified atom stereocenters. The molecule has 0 spiro atoms. The SMILES string of the molecule is COCCn1c(C)c(C)c2cc(C(=O)NC3(C(=O)O)CCOC3)ccc21. The normalized spacial score (nSPS) is 19.8. The van der Waals surface area contributed by atoms with E-state index in [4.69, 9.17) is 9.47 Å². The van der Waals surface area contributed by atoms with Gasteiger partial charge in [0.2, 0.25) is 0 Å². The minimum Gasteiger partial charge on any atom is -0.479 e. The highest BCUT2D eigenvalue weighted by molar-refractivity contribution is 6.01. The van der Waals surface area contributed by atoms with E-state index >= 15 is 0 Å². The molecule has 1 aromatic heterocycles. The molecule has 7 heteroatoms. The molecule has 0 saturated carbocycles. The lowest BCUT2D eigenvalue weighted by Gasteiger charge is -2.23. The first kappa shape index (κ1) is 18.4. The van der Waals surface area contributed by atoms with Crippen LogP contribution < -0.4 is 5.32 Å². The Balaban J connectivity index is 1.92. The number of carboxylic acids is 1. The summed E-state index contributed by atoms with van der Waals surface area (Å²) in [4.78, 5) is 24.3. The molecule has 1 atom stereocenters. The van der Waals surface area contributed by atoms with Gasteiger partial charge in [0.05, 0.1) is 13.2 Å². The Morgan fingerprint density at radius 3 is 2.77 bits per heavy atom. The largest absolute Gasteiger partial charge is 0.479 e. The zero-order valence-electron chi connectivity index (χ0n) is 15.3. The van der Waals surface area contributed by atoms with E-state index in [0.717, 1.165) is 28.7 Å². The standard InChI is InChI=1S/C19H24N2O5/c1-12-13(2)21(7-9-25-3)16-5-4-14(10-15(12)16)17(22)20-19(18(23)24)6-8-26-11-19/h4-5,10H,6-9,11H2,1-3H3,(H,20,22)(H,23,24). The molecule has 1 aliphatic heterocycles. The maximum absolute atomic E-state index is 12.7. The molecule has 140 valence electrons. The minimum absolute atomic E-state index is 0.0121. The number of aromatic nitrogens is 1. The Morgan fingerprint density at radius 2 is 2.15 bits per heavy atom. The molecule has 26 heavy (non-hydrogen) atoms. The van der Waals surface area contributed by atoms with Crippen LogP contribution in [0.1, 0.15) is 28.0 Å². The number of hydrogen-bond acceptors (Lipinski definition) is 4. The number of rotatable bonds is 6. The zero-order valence-corrected chi connectivity index (χ0v) is 15.3. The molecule has 0 radical (unpaired) electrons. The lowest BCUT2D eigenvalue weighted by molar-refractivity contribution is -0.144. The van der Waals surface area contributed by atoms with Crippen molar-refractivity contribution in [1.29, 1.82) is 0 Å². The van der Waals surface area contributed by atoms with Crippen molar-refractivity contribution in [2.75, 3.05) is 26.9 Å². The van der Waals surface area contributed by atoms with E-state index in [9.17, 15) is 14.7 Å². The van der Waals surface area contributed by atoms with Crippen LogP contribution in [0.5, 0.6) is 0 Å². The molecule has 0 aliphatic carbocycles. The first-order valence-electron chi connectivity index (χ1n) is 8.61. The van der Waals surface area contributed by atoms with Crippen LogP contribution in [0.25, 0.3) is 10.9 Å². The number of carbonyl (C=O) groups excluding carboxylic acids is 1. The predicted molar refractivity (Wildman–Crippen MR) is 96.6 cm³/mol. The van der Waals surface area contributed by atoms with Crippen molar-refractivity contribution < 1.29 is 24.2 Å². The van der Waals surface area contributed by atoms with Gasteiger partial charge in [0.15, 0.2) is 5.54 Å². The Morgan fingerprint density at radius 1 is 1.38 bits per heavy atom. The summed E-state index contributed by atoms with van der Waals surface area (Å²) in [6.07, 6.45) is 0.266. The second-order valence-corrected chi connectivity index (χ2v) is 6.73. The second kappa shape index (κ2) is 7.09. The third-order valence-electron chi connectivity index (χ3n) is 5.20. The molecular weight excluding hydrogens is 336 g/mol. The Labute approximate surface area is 151 Å². The van der Waals surface area contributed by atoms with Gasteiger partial charge < -0.3 is 24.5 Å². The number of amides is 1. The van der Waals surface area contributed by atoms with Crippen LogP contribution in [0.3, 0.4) is 0 Å². The fourth-order valence-electron chi connectivity index (χ4n) is 3.44. The summed E-state index contributed by atoms with van der Waals surface area (Å²) in [7, 11) is 1.67. The number of carboxylic acid groups (broad SMARTS) is 1. The maximum atomic E-state index is 12.7. The van der Waals surface area contributed by atoms with Crippen LogP contribution in [0, 0.1) is 13.8 Å². The number of ether oxygens (including phenoxy) is 2. The number of hydrogen-bond donors (Lipinski definition) is 2. The molecule has 7 nitrogen and oxygen atoms in total. The van der Waals surface area contributed by atoms with Gasteiger partial charge in [-0.15, -0.1) is 0 Å². The van der Waals surface area contributed by atoms with Gasteiger partial charge in [0, 0.05) is 48.8 Å². The fourth-order valence-corrected chi connectivity index (χ4v) is 3.44. The van der Waals surface area contributed by atoms with Crippen LogP contribution in [0.2, 0.25) is 0 Å². The van der Waals surface area contributed by atoms with Crippen molar-refractivity contribution in [2.24, 2.45) is 0 Å². The van der Waals surface area contributed by atoms with Crippen LogP contribution in [-0.4, -0.2) is 54.0 Å². The number of nitrogens with zero attached hydrogens (tertiary/aromatic N) is 1. The van der Waals surface area contributed by atoms with E-state index in [2.05, 4.69) is 9.88 Å². The van der Waals surface area contributed by atoms with Crippen molar-refractivity contribution in [3.63, 3.8) is 0 Å². The van der Waals surface area contributed by atoms with Gasteiger partial charge in [0.25, 0.3) is 5.91 Å². The van der Waals surface area contributed by atoms with Crippen LogP contribution in [0.4, 0.5) is 0 Å². The molecule has 1 fully saturated rings. The molecular formula is C19H24N2O5. The van der Waals surface area contributed by atoms with E-state index in [1.54, 1.807) is 13.2 Å². The van der Waals surface area contributed by atoms with Gasteiger partial charge in [-0.2, -0.15) is 0 Å². The second-order valence-electron chi connectivity index (χ2n) is 6.73. The molecule has 0 bridgehead atoms. The number of fused-ring (bicyclic) bond motifs is 1. The highest BCUT2D eigenvalue weighted by Gasteiger charge is 2.44. The first-order chi connectivity index (χ1) is 12.4. The Hall–Kier alpha value is -2.38. The number of benzene rings is 1. The summed E-state index contributed by atoms with van der Waals surface area (Å²) in [5.41, 5.74) is 2.35. The summed E-state index contributed by atoms with van der Waals surface area (Å²) < 4.78 is 12.5. The van der Waals surface area contributed by atoms with Crippen molar-refractivity contribution in [1.82, 2.24) is 9.88 Å². The molecule has 1 saturated heterocycles. The third-order valence-corrected chi connectivity index (χ3v) is 5.20. The van der Waals surface area contributed by atoms with E-state index in [1.165, 1.54) is 0 Å². The molecule has 2 aromatic rings. The summed E-state index contributed by atoms with van der Waals surface area (Å²) in [5, 5.41) is 13.1. The van der Waals surface area contributed by atoms with Gasteiger partial charge >= 0.3 is 5.97 Å². The van der Waals surface area contributed by atoms with Gasteiger partial charge in [-0.25, -0.2) is 4.79 Å². The van der Waals surface area contributed by atoms with Crippen LogP contribution in [0.15, 0.2) is 18.2 Å². The van der Waals surface area contributed by atoms with E-state index in [1.807, 2.05) is 26.0 Å². The number of aryl methyl sites for hydroxylation is 1. The summed E-state index contributed by atoms with van der Waals surface area (Å²) in [6, 6.07) is 5.45. The fraction of sp³-hybridized carbons (Fsp3) is 0.474. The van der Waals surface area contributed by atoms with Gasteiger partial charge in [-0.05, 0) is 37.6 Å². The van der Waals surface area contributed by atoms with Gasteiger partial charge in [-0.3, -0.25) is 4.79 Å². The zero-order chi connectivity index (χ0) is 18.9. The Kier molecular flexibility index (Phi) is 5.02. The highest BCUT2D eigenvalue weighted by Crippen LogP contribution is 2.27. The monoisotopic (exact) mass is 360 g/mol. The highest BCUT2D eigenvalue weighted by atomic mass is 16.5. The van der Waals surface area contributed by atoms with Gasteiger partial charge in [0.1, 0.15) is 0 Å². The lowest BCUT2D eigenvalue weighted by Crippen LogP contribution is -2.55. The number of methoxy groups -OCH3 is 1. The van der Waals surface area contributed by atoms with E-state index < -0.39 is 17.4 Å². The summed E-state index contributed by atoms with van der Waals surface area (Å²) >= 11 is 0. The average Bonchev–Trinajstić information content (AvgIpc) is 3.19. The topological polar surface area (TPSA) is 89.8 Å². The van der Waals surface area contributed by atoms with Crippen LogP contribution in [-0.2, 0) is 20.8 Å². The van der Waals surface area contributed by atoms with Gasteiger partial charge in [-0.1, -0.05) is 0 Å². The third kappa shape index (κ3) is 3.08. The van der Waals surface area contributed by atoms with E-state index in [0.29, 0.717) is 18.8 Å². The minimum atomic E-state index is -1.35. The molecule has 1 amide bonds. The predicted octanol–water partition coefficient (Wildman–Crippen LogP) is 1.88. The van der Waals surface area contributed by atoms with Crippen molar-refractivity contribution in [2.45, 2.75) is 32.4 Å². The van der Waals surface area contributed by atoms with E-state index in [-0.39, 0.29) is 13.0 Å². The summed E-state index contributed by atoms with van der Waals surface area (Å²) in [6.45, 7) is 5.71. The van der Waals surface area contributed by atoms with Crippen LogP contribution >= 0.6 is 0 Å².